The molecule has 0 spiro atoms. The number of nitrogens with one attached hydrogen (secondary N) is 1. The summed E-state index contributed by atoms with van der Waals surface area (Å²) in [7, 11) is -3.68. The van der Waals surface area contributed by atoms with Crippen LogP contribution in [0.2, 0.25) is 0 Å². The molecule has 0 bridgehead atoms. The quantitative estimate of drug-likeness (QED) is 0.806. The number of sulfonamides is 1. The van der Waals surface area contributed by atoms with Crippen LogP contribution >= 0.6 is 0 Å². The lowest BCUT2D eigenvalue weighted by atomic mass is 10.0. The van der Waals surface area contributed by atoms with Gasteiger partial charge in [-0.05, 0) is 43.0 Å². The summed E-state index contributed by atoms with van der Waals surface area (Å²) >= 11 is 0. The number of ether oxygens (including phenoxy) is 1. The van der Waals surface area contributed by atoms with E-state index in [2.05, 4.69) is 18.8 Å². The van der Waals surface area contributed by atoms with E-state index < -0.39 is 10.0 Å². The number of benzene rings is 1. The van der Waals surface area contributed by atoms with Gasteiger partial charge in [0.05, 0.1) is 6.04 Å². The van der Waals surface area contributed by atoms with Crippen LogP contribution in [0.5, 0.6) is 5.75 Å². The van der Waals surface area contributed by atoms with Gasteiger partial charge in [-0.15, -0.1) is 0 Å². The molecule has 8 heteroatoms. The molecule has 2 atom stereocenters. The molecule has 1 fully saturated rings. The van der Waals surface area contributed by atoms with E-state index in [0.717, 1.165) is 6.42 Å². The molecular formula is C22H29N3O4S. The minimum atomic E-state index is -3.68. The highest BCUT2D eigenvalue weighted by atomic mass is 32.2. The molecule has 0 saturated carbocycles. The fourth-order valence-electron chi connectivity index (χ4n) is 4.26. The minimum absolute atomic E-state index is 0.0616. The summed E-state index contributed by atoms with van der Waals surface area (Å²) in [4.78, 5) is 17.8. The smallest absolute Gasteiger partial charge is 0.270 e. The van der Waals surface area contributed by atoms with Gasteiger partial charge in [-0.3, -0.25) is 4.79 Å². The van der Waals surface area contributed by atoms with Crippen LogP contribution in [-0.2, 0) is 10.0 Å². The Hall–Kier alpha value is -2.32. The second kappa shape index (κ2) is 8.43. The van der Waals surface area contributed by atoms with Gasteiger partial charge in [0, 0.05) is 32.3 Å². The van der Waals surface area contributed by atoms with Crippen molar-refractivity contribution >= 4 is 15.9 Å². The maximum absolute atomic E-state index is 13.6. The summed E-state index contributed by atoms with van der Waals surface area (Å²) in [5, 5.41) is 0. The molecule has 2 aromatic rings. The Morgan fingerprint density at radius 3 is 2.67 bits per heavy atom. The maximum Gasteiger partial charge on any atom is 0.270 e. The third-order valence-corrected chi connectivity index (χ3v) is 7.90. The highest BCUT2D eigenvalue weighted by molar-refractivity contribution is 7.89. The van der Waals surface area contributed by atoms with E-state index in [1.807, 2.05) is 0 Å². The first kappa shape index (κ1) is 20.9. The molecule has 2 aliphatic rings. The van der Waals surface area contributed by atoms with Crippen molar-refractivity contribution in [2.45, 2.75) is 50.2 Å². The molecule has 1 aromatic heterocycles. The van der Waals surface area contributed by atoms with Crippen LogP contribution in [0.25, 0.3) is 0 Å². The monoisotopic (exact) mass is 431 g/mol. The van der Waals surface area contributed by atoms with Gasteiger partial charge in [-0.2, -0.15) is 4.31 Å². The van der Waals surface area contributed by atoms with E-state index >= 15 is 0 Å². The topological polar surface area (TPSA) is 82.7 Å². The zero-order valence-corrected chi connectivity index (χ0v) is 18.3. The van der Waals surface area contributed by atoms with Gasteiger partial charge in [-0.1, -0.05) is 26.0 Å². The first-order chi connectivity index (χ1) is 14.4. The third-order valence-electron chi connectivity index (χ3n) is 5.93. The first-order valence-corrected chi connectivity index (χ1v) is 12.0. The van der Waals surface area contributed by atoms with Crippen molar-refractivity contribution in [3.05, 3.63) is 48.3 Å². The van der Waals surface area contributed by atoms with E-state index in [4.69, 9.17) is 4.74 Å². The number of fused-ring (bicyclic) bond motifs is 2. The Balaban J connectivity index is 1.66. The predicted molar refractivity (Wildman–Crippen MR) is 114 cm³/mol. The molecule has 4 rings (SSSR count). The lowest BCUT2D eigenvalue weighted by Crippen LogP contribution is -2.47. The Labute approximate surface area is 178 Å². The van der Waals surface area contributed by atoms with Crippen molar-refractivity contribution in [2.24, 2.45) is 5.92 Å². The molecule has 2 aliphatic heterocycles. The molecule has 162 valence electrons. The molecule has 0 unspecified atom stereocenters. The molecular weight excluding hydrogens is 402 g/mol. The second-order valence-corrected chi connectivity index (χ2v) is 10.3. The molecule has 1 aromatic carbocycles. The van der Waals surface area contributed by atoms with Crippen LogP contribution in [0.1, 0.15) is 43.6 Å². The summed E-state index contributed by atoms with van der Waals surface area (Å²) in [6, 6.07) is 10.1. The number of likely N-dealkylation sites (tertiary alicyclic amines) is 1. The minimum Gasteiger partial charge on any atom is -0.487 e. The number of hydrogen-bond acceptors (Lipinski definition) is 4. The van der Waals surface area contributed by atoms with Crippen LogP contribution in [0.15, 0.2) is 47.5 Å². The van der Waals surface area contributed by atoms with E-state index in [-0.39, 0.29) is 22.9 Å². The van der Waals surface area contributed by atoms with Crippen molar-refractivity contribution in [3.63, 3.8) is 0 Å². The largest absolute Gasteiger partial charge is 0.487 e. The molecule has 0 aliphatic carbocycles. The van der Waals surface area contributed by atoms with Gasteiger partial charge in [0.15, 0.2) is 0 Å². The molecule has 1 saturated heterocycles. The third kappa shape index (κ3) is 3.98. The predicted octanol–water partition coefficient (Wildman–Crippen LogP) is 3.12. The average Bonchev–Trinajstić information content (AvgIpc) is 3.15. The Morgan fingerprint density at radius 2 is 1.93 bits per heavy atom. The lowest BCUT2D eigenvalue weighted by molar-refractivity contribution is 0.0750. The van der Waals surface area contributed by atoms with Gasteiger partial charge in [-0.25, -0.2) is 8.42 Å². The van der Waals surface area contributed by atoms with Crippen LogP contribution in [0.4, 0.5) is 0 Å². The van der Waals surface area contributed by atoms with E-state index in [1.165, 1.54) is 0 Å². The number of nitrogens with zero attached hydrogens (tertiary/aromatic N) is 2. The molecule has 1 amide bonds. The summed E-state index contributed by atoms with van der Waals surface area (Å²) in [5.41, 5.74) is 0.549. The number of aromatic amines is 1. The van der Waals surface area contributed by atoms with Crippen molar-refractivity contribution in [2.75, 3.05) is 19.6 Å². The molecule has 1 N–H and O–H groups in total. The highest BCUT2D eigenvalue weighted by Gasteiger charge is 2.43. The van der Waals surface area contributed by atoms with Crippen LogP contribution in [-0.4, -0.2) is 60.3 Å². The highest BCUT2D eigenvalue weighted by Crippen LogP contribution is 2.36. The van der Waals surface area contributed by atoms with Crippen LogP contribution < -0.4 is 4.74 Å². The fraction of sp³-hybridized carbons (Fsp3) is 0.500. The Bertz CT molecular complexity index is 988. The summed E-state index contributed by atoms with van der Waals surface area (Å²) < 4.78 is 35.0. The number of amides is 1. The maximum atomic E-state index is 13.6. The Kier molecular flexibility index (Phi) is 5.88. The summed E-state index contributed by atoms with van der Waals surface area (Å²) in [6.07, 6.45) is 3.34. The van der Waals surface area contributed by atoms with Gasteiger partial charge in [0.2, 0.25) is 10.0 Å². The average molecular weight is 432 g/mol. The van der Waals surface area contributed by atoms with E-state index in [1.54, 1.807) is 51.8 Å². The Morgan fingerprint density at radius 1 is 1.17 bits per heavy atom. The van der Waals surface area contributed by atoms with Crippen molar-refractivity contribution in [3.8, 4) is 5.75 Å². The first-order valence-electron chi connectivity index (χ1n) is 10.6. The van der Waals surface area contributed by atoms with Gasteiger partial charge < -0.3 is 14.6 Å². The second-order valence-electron chi connectivity index (χ2n) is 8.42. The zero-order valence-electron chi connectivity index (χ0n) is 17.5. The van der Waals surface area contributed by atoms with Gasteiger partial charge in [0.25, 0.3) is 5.91 Å². The van der Waals surface area contributed by atoms with Gasteiger partial charge >= 0.3 is 0 Å². The lowest BCUT2D eigenvalue weighted by Gasteiger charge is -2.32. The SMILES string of the molecule is CC(C)CCN1[C@H]2CCN(C(=O)c3ccc[nH]3)CC[C@@H]2Oc2ccccc2S1(=O)=O. The fourth-order valence-corrected chi connectivity index (χ4v) is 6.08. The molecule has 7 nitrogen and oxygen atoms in total. The van der Waals surface area contributed by atoms with E-state index in [0.29, 0.717) is 49.8 Å². The molecule has 30 heavy (non-hydrogen) atoms. The number of rotatable bonds is 4. The van der Waals surface area contributed by atoms with Crippen molar-refractivity contribution in [1.82, 2.24) is 14.2 Å². The van der Waals surface area contributed by atoms with Gasteiger partial charge in [0.1, 0.15) is 22.4 Å². The van der Waals surface area contributed by atoms with Crippen molar-refractivity contribution < 1.29 is 17.9 Å². The number of para-hydroxylation sites is 1. The van der Waals surface area contributed by atoms with Crippen LogP contribution in [0.3, 0.4) is 0 Å². The van der Waals surface area contributed by atoms with E-state index in [9.17, 15) is 13.2 Å². The number of H-pyrrole nitrogens is 1. The normalized spacial score (nSPS) is 23.8. The number of carbonyl (C=O) groups is 1. The summed E-state index contributed by atoms with van der Waals surface area (Å²) in [6.45, 7) is 5.65. The zero-order chi connectivity index (χ0) is 21.3. The van der Waals surface area contributed by atoms with Crippen LogP contribution in [0, 0.1) is 5.92 Å². The molecule has 3 heterocycles. The van der Waals surface area contributed by atoms with Crippen molar-refractivity contribution in [1.29, 1.82) is 0 Å². The summed E-state index contributed by atoms with van der Waals surface area (Å²) in [5.74, 6) is 0.729. The number of aromatic nitrogens is 1. The molecule has 0 radical (unpaired) electrons. The number of carbonyl (C=O) groups excluding carboxylic acids is 1. The standard InChI is InChI=1S/C22H29N3O4S/c1-16(2)9-15-25-18-10-13-24(22(26)17-6-5-12-23-17)14-11-19(18)29-20-7-3-4-8-21(20)30(25,27)28/h3-8,12,16,18-19,23H,9-11,13-15H2,1-2H3/t18-,19-/m0/s1. The number of hydrogen-bond donors (Lipinski definition) is 1.